The van der Waals surface area contributed by atoms with Crippen LogP contribution in [0, 0.1) is 6.92 Å². The van der Waals surface area contributed by atoms with Crippen LogP contribution in [0.5, 0.6) is 0 Å². The van der Waals surface area contributed by atoms with Crippen molar-refractivity contribution in [2.45, 2.75) is 13.5 Å². The fraction of sp³-hybridized carbons (Fsp3) is 0.333. The highest BCUT2D eigenvalue weighted by Crippen LogP contribution is 2.16. The molecular formula is C18H21N3O4. The maximum Gasteiger partial charge on any atom is 0.372 e. The number of carbonyl (C=O) groups is 2. The van der Waals surface area contributed by atoms with E-state index in [1.807, 2.05) is 31.2 Å². The van der Waals surface area contributed by atoms with Crippen LogP contribution >= 0.6 is 0 Å². The number of piperazine rings is 1. The molecule has 0 aliphatic carbocycles. The number of furan rings is 1. The molecule has 2 amide bonds. The smallest absolute Gasteiger partial charge is 0.372 e. The summed E-state index contributed by atoms with van der Waals surface area (Å²) in [5, 5.41) is 12.0. The fourth-order valence-electron chi connectivity index (χ4n) is 2.92. The van der Waals surface area contributed by atoms with Gasteiger partial charge < -0.3 is 19.7 Å². The van der Waals surface area contributed by atoms with Crippen LogP contribution in [0.15, 0.2) is 41.0 Å². The average molecular weight is 343 g/mol. The van der Waals surface area contributed by atoms with E-state index in [1.165, 1.54) is 6.26 Å². The van der Waals surface area contributed by atoms with Crippen LogP contribution in [-0.4, -0.2) is 53.1 Å². The number of aryl methyl sites for hydroxylation is 1. The SMILES string of the molecule is Cc1cccc(NC(=O)N2CCN(Cc3ccoc3C(=O)O)CC2)c1. The Labute approximate surface area is 145 Å². The van der Waals surface area contributed by atoms with Crippen LogP contribution < -0.4 is 5.32 Å². The van der Waals surface area contributed by atoms with Crippen molar-refractivity contribution in [3.05, 3.63) is 53.5 Å². The molecule has 2 N–H and O–H groups in total. The van der Waals surface area contributed by atoms with Crippen molar-refractivity contribution in [3.8, 4) is 0 Å². The molecule has 3 rings (SSSR count). The molecule has 7 heteroatoms. The molecule has 1 aromatic heterocycles. The summed E-state index contributed by atoms with van der Waals surface area (Å²) in [6, 6.07) is 9.26. The third-order valence-electron chi connectivity index (χ3n) is 4.26. The van der Waals surface area contributed by atoms with Gasteiger partial charge in [-0.3, -0.25) is 4.90 Å². The Bertz CT molecular complexity index is 763. The summed E-state index contributed by atoms with van der Waals surface area (Å²) in [6.45, 7) is 5.05. The van der Waals surface area contributed by atoms with Crippen LogP contribution in [0.25, 0.3) is 0 Å². The number of hydrogen-bond donors (Lipinski definition) is 2. The van der Waals surface area contributed by atoms with Gasteiger partial charge in [-0.1, -0.05) is 12.1 Å². The summed E-state index contributed by atoms with van der Waals surface area (Å²) in [4.78, 5) is 27.3. The summed E-state index contributed by atoms with van der Waals surface area (Å²) in [7, 11) is 0. The summed E-state index contributed by atoms with van der Waals surface area (Å²) >= 11 is 0. The van der Waals surface area contributed by atoms with Gasteiger partial charge >= 0.3 is 12.0 Å². The van der Waals surface area contributed by atoms with Crippen LogP contribution in [0.2, 0.25) is 0 Å². The minimum Gasteiger partial charge on any atom is -0.475 e. The van der Waals surface area contributed by atoms with Crippen molar-refractivity contribution in [1.82, 2.24) is 9.80 Å². The van der Waals surface area contributed by atoms with Gasteiger partial charge in [0, 0.05) is 44.0 Å². The van der Waals surface area contributed by atoms with E-state index < -0.39 is 5.97 Å². The third-order valence-corrected chi connectivity index (χ3v) is 4.26. The highest BCUT2D eigenvalue weighted by atomic mass is 16.4. The topological polar surface area (TPSA) is 86.0 Å². The number of anilines is 1. The first-order valence-corrected chi connectivity index (χ1v) is 8.17. The number of carboxylic acid groups (broad SMARTS) is 1. The molecule has 1 aromatic carbocycles. The van der Waals surface area contributed by atoms with Crippen molar-refractivity contribution in [1.29, 1.82) is 0 Å². The highest BCUT2D eigenvalue weighted by Gasteiger charge is 2.23. The number of carboxylic acids is 1. The summed E-state index contributed by atoms with van der Waals surface area (Å²) in [6.07, 6.45) is 1.39. The van der Waals surface area contributed by atoms with Gasteiger partial charge in [0.15, 0.2) is 0 Å². The highest BCUT2D eigenvalue weighted by molar-refractivity contribution is 5.89. The minimum atomic E-state index is -1.06. The first-order chi connectivity index (χ1) is 12.0. The molecule has 1 aliphatic rings. The molecule has 1 saturated heterocycles. The molecule has 0 bridgehead atoms. The van der Waals surface area contributed by atoms with Crippen molar-refractivity contribution < 1.29 is 19.1 Å². The van der Waals surface area contributed by atoms with Crippen molar-refractivity contribution >= 4 is 17.7 Å². The molecule has 2 heterocycles. The van der Waals surface area contributed by atoms with E-state index in [4.69, 9.17) is 9.52 Å². The Morgan fingerprint density at radius 1 is 1.20 bits per heavy atom. The zero-order chi connectivity index (χ0) is 17.8. The lowest BCUT2D eigenvalue weighted by molar-refractivity contribution is 0.0658. The van der Waals surface area contributed by atoms with Crippen molar-refractivity contribution in [2.75, 3.05) is 31.5 Å². The van der Waals surface area contributed by atoms with Crippen LogP contribution in [0.1, 0.15) is 21.7 Å². The molecule has 7 nitrogen and oxygen atoms in total. The molecular weight excluding hydrogens is 322 g/mol. The Hall–Kier alpha value is -2.80. The van der Waals surface area contributed by atoms with Crippen molar-refractivity contribution in [2.24, 2.45) is 0 Å². The Balaban J connectivity index is 1.52. The molecule has 2 aromatic rings. The van der Waals surface area contributed by atoms with Crippen LogP contribution in [0.4, 0.5) is 10.5 Å². The molecule has 0 unspecified atom stereocenters. The Kier molecular flexibility index (Phi) is 5.04. The number of benzene rings is 1. The standard InChI is InChI=1S/C18H21N3O4/c1-13-3-2-4-15(11-13)19-18(24)21-8-6-20(7-9-21)12-14-5-10-25-16(14)17(22)23/h2-5,10-11H,6-9,12H2,1H3,(H,19,24)(H,22,23). The van der Waals surface area contributed by atoms with E-state index in [2.05, 4.69) is 10.2 Å². The summed E-state index contributed by atoms with van der Waals surface area (Å²) < 4.78 is 5.00. The zero-order valence-corrected chi connectivity index (χ0v) is 14.1. The maximum absolute atomic E-state index is 12.3. The van der Waals surface area contributed by atoms with Crippen LogP contribution in [-0.2, 0) is 6.54 Å². The predicted molar refractivity (Wildman–Crippen MR) is 92.7 cm³/mol. The Morgan fingerprint density at radius 2 is 1.96 bits per heavy atom. The number of urea groups is 1. The molecule has 1 aliphatic heterocycles. The number of nitrogens with one attached hydrogen (secondary N) is 1. The average Bonchev–Trinajstić information content (AvgIpc) is 3.04. The fourth-order valence-corrected chi connectivity index (χ4v) is 2.92. The molecule has 0 radical (unpaired) electrons. The van der Waals surface area contributed by atoms with Gasteiger partial charge in [0.1, 0.15) is 0 Å². The third kappa shape index (κ3) is 4.19. The number of aromatic carboxylic acids is 1. The van der Waals surface area contributed by atoms with E-state index in [0.717, 1.165) is 11.3 Å². The second-order valence-corrected chi connectivity index (χ2v) is 6.14. The second kappa shape index (κ2) is 7.40. The number of nitrogens with zero attached hydrogens (tertiary/aromatic N) is 2. The lowest BCUT2D eigenvalue weighted by Crippen LogP contribution is -2.49. The molecule has 0 saturated carbocycles. The monoisotopic (exact) mass is 343 g/mol. The quantitative estimate of drug-likeness (QED) is 0.891. The minimum absolute atomic E-state index is 0.0142. The molecule has 0 atom stereocenters. The number of rotatable bonds is 4. The van der Waals surface area contributed by atoms with Gasteiger partial charge in [-0.25, -0.2) is 9.59 Å². The van der Waals surface area contributed by atoms with E-state index in [9.17, 15) is 9.59 Å². The van der Waals surface area contributed by atoms with Gasteiger partial charge in [-0.05, 0) is 30.7 Å². The van der Waals surface area contributed by atoms with E-state index in [1.54, 1.807) is 11.0 Å². The van der Waals surface area contributed by atoms with Gasteiger partial charge in [0.25, 0.3) is 0 Å². The number of hydrogen-bond acceptors (Lipinski definition) is 4. The van der Waals surface area contributed by atoms with E-state index >= 15 is 0 Å². The Morgan fingerprint density at radius 3 is 2.64 bits per heavy atom. The van der Waals surface area contributed by atoms with Crippen LogP contribution in [0.3, 0.4) is 0 Å². The summed E-state index contributed by atoms with van der Waals surface area (Å²) in [5.74, 6) is -1.07. The predicted octanol–water partition coefficient (Wildman–Crippen LogP) is 2.64. The molecule has 0 spiro atoms. The van der Waals surface area contributed by atoms with Gasteiger partial charge in [-0.15, -0.1) is 0 Å². The van der Waals surface area contributed by atoms with E-state index in [0.29, 0.717) is 38.3 Å². The van der Waals surface area contributed by atoms with Crippen molar-refractivity contribution in [3.63, 3.8) is 0 Å². The first kappa shape index (κ1) is 17.0. The number of carbonyl (C=O) groups excluding carboxylic acids is 1. The molecule has 1 fully saturated rings. The zero-order valence-electron chi connectivity index (χ0n) is 14.1. The number of amides is 2. The van der Waals surface area contributed by atoms with E-state index in [-0.39, 0.29) is 11.8 Å². The first-order valence-electron chi connectivity index (χ1n) is 8.17. The molecule has 25 heavy (non-hydrogen) atoms. The second-order valence-electron chi connectivity index (χ2n) is 6.14. The van der Waals surface area contributed by atoms with Gasteiger partial charge in [0.2, 0.25) is 5.76 Å². The van der Waals surface area contributed by atoms with Gasteiger partial charge in [0.05, 0.1) is 6.26 Å². The lowest BCUT2D eigenvalue weighted by atomic mass is 10.2. The maximum atomic E-state index is 12.3. The molecule has 132 valence electrons. The lowest BCUT2D eigenvalue weighted by Gasteiger charge is -2.34. The normalized spacial score (nSPS) is 15.2. The van der Waals surface area contributed by atoms with Gasteiger partial charge in [-0.2, -0.15) is 0 Å². The summed E-state index contributed by atoms with van der Waals surface area (Å²) in [5.41, 5.74) is 2.54. The largest absolute Gasteiger partial charge is 0.475 e.